The zero-order chi connectivity index (χ0) is 15.6. The molecule has 0 amide bonds. The number of aromatic amines is 1. The topological polar surface area (TPSA) is 72.0 Å². The second-order valence-corrected chi connectivity index (χ2v) is 6.34. The van der Waals surface area contributed by atoms with Crippen LogP contribution in [0.1, 0.15) is 46.0 Å². The van der Waals surface area contributed by atoms with Crippen molar-refractivity contribution in [3.8, 4) is 0 Å². The standard InChI is InChI=1S/C16H20N2O3/c1-10(21-13(19)9-16(2,3)4)14-17-12-8-6-5-7-11(12)15(20)18-14/h5-8,10H,9H2,1-4H3,(H,17,18,20)/t10-/m1/s1. The van der Waals surface area contributed by atoms with E-state index in [9.17, 15) is 9.59 Å². The summed E-state index contributed by atoms with van der Waals surface area (Å²) in [5, 5.41) is 0.523. The normalized spacial score (nSPS) is 13.1. The van der Waals surface area contributed by atoms with Crippen molar-refractivity contribution in [3.05, 3.63) is 40.4 Å². The van der Waals surface area contributed by atoms with Crippen LogP contribution in [0.4, 0.5) is 0 Å². The van der Waals surface area contributed by atoms with Gasteiger partial charge in [0.05, 0.1) is 17.3 Å². The average molecular weight is 288 g/mol. The molecule has 5 nitrogen and oxygen atoms in total. The lowest BCUT2D eigenvalue weighted by atomic mass is 9.92. The third-order valence-corrected chi connectivity index (χ3v) is 3.00. The number of ether oxygens (including phenoxy) is 1. The van der Waals surface area contributed by atoms with Gasteiger partial charge in [-0.3, -0.25) is 9.59 Å². The minimum Gasteiger partial charge on any atom is -0.454 e. The first-order valence-electron chi connectivity index (χ1n) is 6.95. The zero-order valence-electron chi connectivity index (χ0n) is 12.8. The fraction of sp³-hybridized carbons (Fsp3) is 0.438. The van der Waals surface area contributed by atoms with Crippen molar-refractivity contribution >= 4 is 16.9 Å². The highest BCUT2D eigenvalue weighted by Gasteiger charge is 2.21. The Bertz CT molecular complexity index is 713. The predicted octanol–water partition coefficient (Wildman–Crippen LogP) is 2.96. The third-order valence-electron chi connectivity index (χ3n) is 3.00. The maximum Gasteiger partial charge on any atom is 0.307 e. The second-order valence-electron chi connectivity index (χ2n) is 6.34. The molecule has 0 saturated carbocycles. The minimum atomic E-state index is -0.586. The Morgan fingerprint density at radius 3 is 2.67 bits per heavy atom. The molecule has 0 spiro atoms. The molecule has 1 N–H and O–H groups in total. The average Bonchev–Trinajstić information content (AvgIpc) is 2.36. The molecule has 0 saturated heterocycles. The first kappa shape index (κ1) is 15.2. The summed E-state index contributed by atoms with van der Waals surface area (Å²) in [4.78, 5) is 30.9. The molecular formula is C16H20N2O3. The number of nitrogens with one attached hydrogen (secondary N) is 1. The molecule has 2 rings (SSSR count). The summed E-state index contributed by atoms with van der Waals surface area (Å²) in [7, 11) is 0. The smallest absolute Gasteiger partial charge is 0.307 e. The highest BCUT2D eigenvalue weighted by Crippen LogP contribution is 2.22. The molecular weight excluding hydrogens is 268 g/mol. The van der Waals surface area contributed by atoms with Crippen LogP contribution in [-0.4, -0.2) is 15.9 Å². The number of carbonyl (C=O) groups is 1. The highest BCUT2D eigenvalue weighted by atomic mass is 16.5. The van der Waals surface area contributed by atoms with Crippen LogP contribution in [0.5, 0.6) is 0 Å². The molecule has 0 fully saturated rings. The number of carbonyl (C=O) groups excluding carboxylic acids is 1. The Morgan fingerprint density at radius 2 is 2.00 bits per heavy atom. The SMILES string of the molecule is C[C@@H](OC(=O)CC(C)(C)C)c1nc2ccccc2c(=O)[nH]1. The second kappa shape index (κ2) is 5.68. The fourth-order valence-corrected chi connectivity index (χ4v) is 2.02. The molecule has 0 aliphatic heterocycles. The number of nitrogens with zero attached hydrogens (tertiary/aromatic N) is 1. The summed E-state index contributed by atoms with van der Waals surface area (Å²) in [5.74, 6) is 0.0618. The number of benzene rings is 1. The van der Waals surface area contributed by atoms with Crippen LogP contribution in [0.3, 0.4) is 0 Å². The first-order chi connectivity index (χ1) is 9.76. The summed E-state index contributed by atoms with van der Waals surface area (Å²) in [5.41, 5.74) is 0.227. The summed E-state index contributed by atoms with van der Waals surface area (Å²) in [6, 6.07) is 7.07. The van der Waals surface area contributed by atoms with Crippen molar-refractivity contribution < 1.29 is 9.53 Å². The maximum absolute atomic E-state index is 12.0. The van der Waals surface area contributed by atoms with E-state index in [0.717, 1.165) is 0 Å². The number of para-hydroxylation sites is 1. The van der Waals surface area contributed by atoms with Gasteiger partial charge in [0, 0.05) is 0 Å². The Hall–Kier alpha value is -2.17. The van der Waals surface area contributed by atoms with Gasteiger partial charge in [-0.05, 0) is 24.5 Å². The van der Waals surface area contributed by atoms with Crippen LogP contribution in [0.25, 0.3) is 10.9 Å². The van der Waals surface area contributed by atoms with E-state index >= 15 is 0 Å². The van der Waals surface area contributed by atoms with E-state index in [1.165, 1.54) is 0 Å². The van der Waals surface area contributed by atoms with Gasteiger partial charge < -0.3 is 9.72 Å². The van der Waals surface area contributed by atoms with Crippen molar-refractivity contribution in [2.75, 3.05) is 0 Å². The van der Waals surface area contributed by atoms with E-state index in [0.29, 0.717) is 23.1 Å². The molecule has 0 aliphatic rings. The van der Waals surface area contributed by atoms with Crippen LogP contribution >= 0.6 is 0 Å². The quantitative estimate of drug-likeness (QED) is 0.881. The van der Waals surface area contributed by atoms with Crippen molar-refractivity contribution in [1.82, 2.24) is 9.97 Å². The van der Waals surface area contributed by atoms with Crippen molar-refractivity contribution in [2.45, 2.75) is 40.2 Å². The van der Waals surface area contributed by atoms with E-state index in [1.54, 1.807) is 25.1 Å². The van der Waals surface area contributed by atoms with Gasteiger partial charge in [0.2, 0.25) is 0 Å². The number of H-pyrrole nitrogens is 1. The lowest BCUT2D eigenvalue weighted by molar-refractivity contribution is -0.151. The summed E-state index contributed by atoms with van der Waals surface area (Å²) in [6.45, 7) is 7.60. The molecule has 21 heavy (non-hydrogen) atoms. The number of aromatic nitrogens is 2. The zero-order valence-corrected chi connectivity index (χ0v) is 12.8. The number of hydrogen-bond acceptors (Lipinski definition) is 4. The summed E-state index contributed by atoms with van der Waals surface area (Å²) in [6.07, 6.45) is -0.271. The van der Waals surface area contributed by atoms with Crippen LogP contribution < -0.4 is 5.56 Å². The Kier molecular flexibility index (Phi) is 4.11. The van der Waals surface area contributed by atoms with Crippen molar-refractivity contribution in [2.24, 2.45) is 5.41 Å². The summed E-state index contributed by atoms with van der Waals surface area (Å²) < 4.78 is 5.34. The van der Waals surface area contributed by atoms with Gasteiger partial charge in [0.15, 0.2) is 11.9 Å². The van der Waals surface area contributed by atoms with Gasteiger partial charge in [-0.15, -0.1) is 0 Å². The van der Waals surface area contributed by atoms with Crippen LogP contribution in [-0.2, 0) is 9.53 Å². The summed E-state index contributed by atoms with van der Waals surface area (Å²) >= 11 is 0. The van der Waals surface area contributed by atoms with Crippen molar-refractivity contribution in [1.29, 1.82) is 0 Å². The number of esters is 1. The van der Waals surface area contributed by atoms with E-state index in [4.69, 9.17) is 4.74 Å². The number of rotatable bonds is 3. The number of hydrogen-bond donors (Lipinski definition) is 1. The Balaban J connectivity index is 2.22. The predicted molar refractivity (Wildman–Crippen MR) is 80.9 cm³/mol. The molecule has 0 aliphatic carbocycles. The van der Waals surface area contributed by atoms with E-state index in [-0.39, 0.29) is 16.9 Å². The Morgan fingerprint density at radius 1 is 1.33 bits per heavy atom. The monoisotopic (exact) mass is 288 g/mol. The van der Waals surface area contributed by atoms with Gasteiger partial charge in [-0.1, -0.05) is 32.9 Å². The van der Waals surface area contributed by atoms with Crippen LogP contribution in [0.2, 0.25) is 0 Å². The van der Waals surface area contributed by atoms with E-state index in [2.05, 4.69) is 9.97 Å². The van der Waals surface area contributed by atoms with Gasteiger partial charge in [-0.2, -0.15) is 0 Å². The van der Waals surface area contributed by atoms with Gasteiger partial charge in [-0.25, -0.2) is 4.98 Å². The molecule has 1 atom stereocenters. The molecule has 0 unspecified atom stereocenters. The molecule has 5 heteroatoms. The molecule has 0 radical (unpaired) electrons. The van der Waals surface area contributed by atoms with Gasteiger partial charge in [0.1, 0.15) is 0 Å². The van der Waals surface area contributed by atoms with Crippen LogP contribution in [0, 0.1) is 5.41 Å². The molecule has 1 heterocycles. The maximum atomic E-state index is 12.0. The first-order valence-corrected chi connectivity index (χ1v) is 6.95. The van der Waals surface area contributed by atoms with E-state index < -0.39 is 6.10 Å². The molecule has 1 aromatic carbocycles. The highest BCUT2D eigenvalue weighted by molar-refractivity contribution is 5.77. The minimum absolute atomic E-state index is 0.138. The molecule has 112 valence electrons. The fourth-order valence-electron chi connectivity index (χ4n) is 2.02. The number of fused-ring (bicyclic) bond motifs is 1. The van der Waals surface area contributed by atoms with E-state index in [1.807, 2.05) is 26.8 Å². The van der Waals surface area contributed by atoms with Gasteiger partial charge >= 0.3 is 5.97 Å². The largest absolute Gasteiger partial charge is 0.454 e. The van der Waals surface area contributed by atoms with Crippen LogP contribution in [0.15, 0.2) is 29.1 Å². The lowest BCUT2D eigenvalue weighted by Gasteiger charge is -2.19. The molecule has 2 aromatic rings. The third kappa shape index (κ3) is 3.90. The molecule has 0 bridgehead atoms. The Labute approximate surface area is 123 Å². The lowest BCUT2D eigenvalue weighted by Crippen LogP contribution is -2.20. The molecule has 1 aromatic heterocycles. The van der Waals surface area contributed by atoms with Gasteiger partial charge in [0.25, 0.3) is 5.56 Å². The van der Waals surface area contributed by atoms with Crippen molar-refractivity contribution in [3.63, 3.8) is 0 Å².